The molecule has 110 valence electrons. The van der Waals surface area contributed by atoms with Gasteiger partial charge in [0.05, 0.1) is 11.7 Å². The van der Waals surface area contributed by atoms with Gasteiger partial charge in [-0.2, -0.15) is 0 Å². The molecule has 1 heterocycles. The highest BCUT2D eigenvalue weighted by atomic mass is 16.5. The van der Waals surface area contributed by atoms with E-state index in [1.165, 1.54) is 51.4 Å². The molecule has 3 rings (SSSR count). The summed E-state index contributed by atoms with van der Waals surface area (Å²) in [6.45, 7) is 6.97. The standard InChI is InChI=1S/C17H31NO/c1-13-7-8-14(2)17(10-13)12-18-11-16(19-17)9-15-5-3-4-6-15/h13-16,18H,3-12H2,1-2H3. The Morgan fingerprint density at radius 2 is 1.89 bits per heavy atom. The number of hydrogen-bond donors (Lipinski definition) is 1. The zero-order chi connectivity index (χ0) is 13.3. The third-order valence-electron chi connectivity index (χ3n) is 5.95. The van der Waals surface area contributed by atoms with Gasteiger partial charge in [0.15, 0.2) is 0 Å². The van der Waals surface area contributed by atoms with Gasteiger partial charge < -0.3 is 10.1 Å². The monoisotopic (exact) mass is 265 g/mol. The molecule has 1 aliphatic heterocycles. The Morgan fingerprint density at radius 3 is 2.68 bits per heavy atom. The lowest BCUT2D eigenvalue weighted by molar-refractivity contribution is -0.171. The van der Waals surface area contributed by atoms with E-state index in [0.717, 1.165) is 30.8 Å². The Labute approximate surface area is 118 Å². The van der Waals surface area contributed by atoms with Gasteiger partial charge in [-0.15, -0.1) is 0 Å². The fourth-order valence-electron chi connectivity index (χ4n) is 4.71. The highest BCUT2D eigenvalue weighted by molar-refractivity contribution is 4.97. The second kappa shape index (κ2) is 5.73. The van der Waals surface area contributed by atoms with Gasteiger partial charge in [-0.3, -0.25) is 0 Å². The van der Waals surface area contributed by atoms with Crippen LogP contribution in [0.1, 0.15) is 65.2 Å². The second-order valence-corrected chi connectivity index (χ2v) is 7.61. The van der Waals surface area contributed by atoms with Crippen LogP contribution in [-0.2, 0) is 4.74 Å². The Hall–Kier alpha value is -0.0800. The number of ether oxygens (including phenoxy) is 1. The van der Waals surface area contributed by atoms with Gasteiger partial charge in [0, 0.05) is 13.1 Å². The molecule has 19 heavy (non-hydrogen) atoms. The Kier molecular flexibility index (Phi) is 4.19. The summed E-state index contributed by atoms with van der Waals surface area (Å²) in [5.41, 5.74) is 0.152. The highest BCUT2D eigenvalue weighted by Crippen LogP contribution is 2.42. The van der Waals surface area contributed by atoms with Gasteiger partial charge in [0.25, 0.3) is 0 Å². The third kappa shape index (κ3) is 3.00. The van der Waals surface area contributed by atoms with Crippen LogP contribution in [0.2, 0.25) is 0 Å². The molecule has 0 aromatic rings. The van der Waals surface area contributed by atoms with Crippen molar-refractivity contribution < 1.29 is 4.74 Å². The van der Waals surface area contributed by atoms with Crippen molar-refractivity contribution >= 4 is 0 Å². The molecule has 4 atom stereocenters. The van der Waals surface area contributed by atoms with Crippen LogP contribution in [0.4, 0.5) is 0 Å². The molecule has 1 spiro atoms. The van der Waals surface area contributed by atoms with Crippen molar-refractivity contribution in [1.82, 2.24) is 5.32 Å². The van der Waals surface area contributed by atoms with Crippen LogP contribution in [0.25, 0.3) is 0 Å². The van der Waals surface area contributed by atoms with E-state index in [0.29, 0.717) is 6.10 Å². The second-order valence-electron chi connectivity index (χ2n) is 7.61. The molecule has 3 fully saturated rings. The average molecular weight is 265 g/mol. The minimum absolute atomic E-state index is 0.152. The molecule has 2 heteroatoms. The summed E-state index contributed by atoms with van der Waals surface area (Å²) in [7, 11) is 0. The van der Waals surface area contributed by atoms with Crippen molar-refractivity contribution in [3.63, 3.8) is 0 Å². The molecule has 2 aliphatic carbocycles. The van der Waals surface area contributed by atoms with Gasteiger partial charge >= 0.3 is 0 Å². The minimum atomic E-state index is 0.152. The summed E-state index contributed by atoms with van der Waals surface area (Å²) in [5, 5.41) is 3.70. The predicted octanol–water partition coefficient (Wildman–Crippen LogP) is 3.75. The van der Waals surface area contributed by atoms with Crippen LogP contribution < -0.4 is 5.32 Å². The maximum absolute atomic E-state index is 6.70. The molecule has 0 radical (unpaired) electrons. The SMILES string of the molecule is CC1CCC(C)C2(CNCC(CC3CCCC3)O2)C1. The summed E-state index contributed by atoms with van der Waals surface area (Å²) in [6, 6.07) is 0. The molecule has 1 saturated heterocycles. The average Bonchev–Trinajstić information content (AvgIpc) is 2.87. The maximum Gasteiger partial charge on any atom is 0.0838 e. The smallest absolute Gasteiger partial charge is 0.0838 e. The van der Waals surface area contributed by atoms with Crippen molar-refractivity contribution in [2.75, 3.05) is 13.1 Å². The number of hydrogen-bond acceptors (Lipinski definition) is 2. The highest BCUT2D eigenvalue weighted by Gasteiger charge is 2.45. The van der Waals surface area contributed by atoms with Gasteiger partial charge in [0.1, 0.15) is 0 Å². The van der Waals surface area contributed by atoms with Crippen molar-refractivity contribution in [1.29, 1.82) is 0 Å². The lowest BCUT2D eigenvalue weighted by Gasteiger charge is -2.50. The van der Waals surface area contributed by atoms with Crippen molar-refractivity contribution in [3.05, 3.63) is 0 Å². The van der Waals surface area contributed by atoms with E-state index in [4.69, 9.17) is 4.74 Å². The van der Waals surface area contributed by atoms with Crippen molar-refractivity contribution in [3.8, 4) is 0 Å². The topological polar surface area (TPSA) is 21.3 Å². The Morgan fingerprint density at radius 1 is 1.11 bits per heavy atom. The van der Waals surface area contributed by atoms with Crippen molar-refractivity contribution in [2.24, 2.45) is 17.8 Å². The van der Waals surface area contributed by atoms with Gasteiger partial charge in [-0.1, -0.05) is 46.0 Å². The Bertz CT molecular complexity index is 300. The first-order valence-corrected chi connectivity index (χ1v) is 8.56. The molecule has 2 nitrogen and oxygen atoms in total. The first kappa shape index (κ1) is 13.9. The van der Waals surface area contributed by atoms with Crippen LogP contribution in [0, 0.1) is 17.8 Å². The lowest BCUT2D eigenvalue weighted by Crippen LogP contribution is -2.59. The molecule has 1 N–H and O–H groups in total. The fraction of sp³-hybridized carbons (Fsp3) is 1.00. The van der Waals surface area contributed by atoms with Gasteiger partial charge in [-0.25, -0.2) is 0 Å². The maximum atomic E-state index is 6.70. The molecule has 0 bridgehead atoms. The summed E-state index contributed by atoms with van der Waals surface area (Å²) in [5.74, 6) is 2.50. The first-order valence-electron chi connectivity index (χ1n) is 8.56. The van der Waals surface area contributed by atoms with Gasteiger partial charge in [-0.05, 0) is 37.0 Å². The van der Waals surface area contributed by atoms with Crippen LogP contribution in [0.15, 0.2) is 0 Å². The van der Waals surface area contributed by atoms with Crippen molar-refractivity contribution in [2.45, 2.75) is 76.9 Å². The summed E-state index contributed by atoms with van der Waals surface area (Å²) >= 11 is 0. The van der Waals surface area contributed by atoms with E-state index < -0.39 is 0 Å². The van der Waals surface area contributed by atoms with E-state index in [2.05, 4.69) is 19.2 Å². The largest absolute Gasteiger partial charge is 0.369 e. The number of nitrogens with one attached hydrogen (secondary N) is 1. The molecule has 0 aromatic carbocycles. The number of rotatable bonds is 2. The zero-order valence-electron chi connectivity index (χ0n) is 12.8. The summed E-state index contributed by atoms with van der Waals surface area (Å²) < 4.78 is 6.70. The van der Waals surface area contributed by atoms with E-state index in [9.17, 15) is 0 Å². The van der Waals surface area contributed by atoms with E-state index in [-0.39, 0.29) is 5.60 Å². The molecule has 0 aromatic heterocycles. The van der Waals surface area contributed by atoms with E-state index in [1.54, 1.807) is 0 Å². The Balaban J connectivity index is 1.62. The first-order chi connectivity index (χ1) is 9.18. The van der Waals surface area contributed by atoms with E-state index in [1.807, 2.05) is 0 Å². The summed E-state index contributed by atoms with van der Waals surface area (Å²) in [6.07, 6.45) is 11.6. The zero-order valence-corrected chi connectivity index (χ0v) is 12.8. The van der Waals surface area contributed by atoms with Gasteiger partial charge in [0.2, 0.25) is 0 Å². The quantitative estimate of drug-likeness (QED) is 0.821. The van der Waals surface area contributed by atoms with Crippen LogP contribution in [0.3, 0.4) is 0 Å². The van der Waals surface area contributed by atoms with Crippen LogP contribution >= 0.6 is 0 Å². The molecule has 4 unspecified atom stereocenters. The van der Waals surface area contributed by atoms with E-state index >= 15 is 0 Å². The summed E-state index contributed by atoms with van der Waals surface area (Å²) in [4.78, 5) is 0. The normalized spacial score (nSPS) is 44.8. The molecule has 3 aliphatic rings. The minimum Gasteiger partial charge on any atom is -0.369 e. The van der Waals surface area contributed by atoms with Crippen LogP contribution in [-0.4, -0.2) is 24.8 Å². The lowest BCUT2D eigenvalue weighted by atomic mass is 9.71. The molecular weight excluding hydrogens is 234 g/mol. The number of morpholine rings is 1. The third-order valence-corrected chi connectivity index (χ3v) is 5.95. The molecule has 2 saturated carbocycles. The molecule has 0 amide bonds. The van der Waals surface area contributed by atoms with Crippen LogP contribution in [0.5, 0.6) is 0 Å². The molecular formula is C17H31NO. The predicted molar refractivity (Wildman–Crippen MR) is 79.2 cm³/mol. The fourth-order valence-corrected chi connectivity index (χ4v) is 4.71.